The predicted octanol–water partition coefficient (Wildman–Crippen LogP) is 3.55. The molecule has 1 aromatic rings. The summed E-state index contributed by atoms with van der Waals surface area (Å²) in [7, 11) is 0. The molecule has 0 aromatic heterocycles. The molecule has 0 aliphatic carbocycles. The molecule has 0 bridgehead atoms. The number of piperidine rings is 1. The average molecular weight is 302 g/mol. The standard InChI is InChI=1S/C19H30N2O/c1-13(2)15-4-5-18-17(10-15)19(20)16(12-22-18)11-21-8-6-14(3)7-9-21/h4-5,10,13-14,16,19H,6-9,11-12,20H2,1-3H3. The first-order valence-electron chi connectivity index (χ1n) is 8.79. The maximum atomic E-state index is 6.60. The van der Waals surface area contributed by atoms with Gasteiger partial charge in [-0.3, -0.25) is 0 Å². The van der Waals surface area contributed by atoms with Crippen LogP contribution in [0.4, 0.5) is 0 Å². The van der Waals surface area contributed by atoms with E-state index in [1.807, 2.05) is 0 Å². The third-order valence-electron chi connectivity index (χ3n) is 5.39. The highest BCUT2D eigenvalue weighted by Gasteiger charge is 2.30. The van der Waals surface area contributed by atoms with Gasteiger partial charge >= 0.3 is 0 Å². The SMILES string of the molecule is CC1CCN(CC2COc3ccc(C(C)C)cc3C2N)CC1. The predicted molar refractivity (Wildman–Crippen MR) is 91.3 cm³/mol. The lowest BCUT2D eigenvalue weighted by Crippen LogP contribution is -2.43. The van der Waals surface area contributed by atoms with E-state index in [0.717, 1.165) is 24.8 Å². The first-order chi connectivity index (χ1) is 10.5. The van der Waals surface area contributed by atoms with E-state index >= 15 is 0 Å². The lowest BCUT2D eigenvalue weighted by atomic mass is 9.87. The summed E-state index contributed by atoms with van der Waals surface area (Å²) in [6.07, 6.45) is 2.63. The van der Waals surface area contributed by atoms with Crippen LogP contribution < -0.4 is 10.5 Å². The molecule has 1 aromatic carbocycles. The summed E-state index contributed by atoms with van der Waals surface area (Å²) in [5, 5.41) is 0. The molecule has 2 N–H and O–H groups in total. The Balaban J connectivity index is 1.70. The maximum absolute atomic E-state index is 6.60. The van der Waals surface area contributed by atoms with Gasteiger partial charge in [-0.15, -0.1) is 0 Å². The molecule has 3 heteroatoms. The quantitative estimate of drug-likeness (QED) is 0.928. The van der Waals surface area contributed by atoms with Crippen LogP contribution in [-0.2, 0) is 0 Å². The van der Waals surface area contributed by atoms with Gasteiger partial charge in [0.25, 0.3) is 0 Å². The molecule has 2 heterocycles. The molecule has 2 atom stereocenters. The van der Waals surface area contributed by atoms with Crippen molar-refractivity contribution in [1.29, 1.82) is 0 Å². The second kappa shape index (κ2) is 6.59. The normalized spacial score (nSPS) is 26.8. The Morgan fingerprint density at radius 2 is 2.00 bits per heavy atom. The van der Waals surface area contributed by atoms with E-state index in [2.05, 4.69) is 43.9 Å². The number of benzene rings is 1. The number of likely N-dealkylation sites (tertiary alicyclic amines) is 1. The van der Waals surface area contributed by atoms with Crippen molar-refractivity contribution in [3.63, 3.8) is 0 Å². The summed E-state index contributed by atoms with van der Waals surface area (Å²) >= 11 is 0. The second-order valence-corrected chi connectivity index (χ2v) is 7.53. The van der Waals surface area contributed by atoms with Crippen LogP contribution >= 0.6 is 0 Å². The third kappa shape index (κ3) is 3.31. The van der Waals surface area contributed by atoms with Crippen molar-refractivity contribution in [1.82, 2.24) is 4.90 Å². The molecule has 0 spiro atoms. The monoisotopic (exact) mass is 302 g/mol. The van der Waals surface area contributed by atoms with Gasteiger partial charge in [0.15, 0.2) is 0 Å². The lowest BCUT2D eigenvalue weighted by Gasteiger charge is -2.37. The van der Waals surface area contributed by atoms with Crippen molar-refractivity contribution < 1.29 is 4.74 Å². The Hall–Kier alpha value is -1.06. The van der Waals surface area contributed by atoms with E-state index < -0.39 is 0 Å². The summed E-state index contributed by atoms with van der Waals surface area (Å²) < 4.78 is 6.00. The fourth-order valence-electron chi connectivity index (χ4n) is 3.61. The molecule has 2 unspecified atom stereocenters. The van der Waals surface area contributed by atoms with Crippen LogP contribution in [0.15, 0.2) is 18.2 Å². The highest BCUT2D eigenvalue weighted by Crippen LogP contribution is 2.36. The second-order valence-electron chi connectivity index (χ2n) is 7.53. The Morgan fingerprint density at radius 1 is 1.27 bits per heavy atom. The van der Waals surface area contributed by atoms with E-state index in [4.69, 9.17) is 10.5 Å². The Kier molecular flexibility index (Phi) is 4.74. The van der Waals surface area contributed by atoms with Gasteiger partial charge in [0.2, 0.25) is 0 Å². The molecule has 0 saturated carbocycles. The molecule has 22 heavy (non-hydrogen) atoms. The topological polar surface area (TPSA) is 38.5 Å². The molecule has 2 aliphatic heterocycles. The zero-order chi connectivity index (χ0) is 15.7. The smallest absolute Gasteiger partial charge is 0.124 e. The van der Waals surface area contributed by atoms with Gasteiger partial charge in [-0.2, -0.15) is 0 Å². The van der Waals surface area contributed by atoms with Crippen molar-refractivity contribution in [2.24, 2.45) is 17.6 Å². The van der Waals surface area contributed by atoms with Crippen LogP contribution in [0.2, 0.25) is 0 Å². The van der Waals surface area contributed by atoms with Crippen LogP contribution in [0.1, 0.15) is 56.7 Å². The maximum Gasteiger partial charge on any atom is 0.124 e. The Morgan fingerprint density at radius 3 is 2.68 bits per heavy atom. The minimum atomic E-state index is 0.0989. The van der Waals surface area contributed by atoms with Gasteiger partial charge in [-0.25, -0.2) is 0 Å². The van der Waals surface area contributed by atoms with Gasteiger partial charge in [0, 0.05) is 24.1 Å². The number of rotatable bonds is 3. The zero-order valence-electron chi connectivity index (χ0n) is 14.2. The van der Waals surface area contributed by atoms with Gasteiger partial charge in [-0.1, -0.05) is 32.9 Å². The van der Waals surface area contributed by atoms with Gasteiger partial charge in [-0.05, 0) is 49.4 Å². The Bertz CT molecular complexity index is 506. The first kappa shape index (κ1) is 15.8. The molecule has 0 radical (unpaired) electrons. The number of hydrogen-bond donors (Lipinski definition) is 1. The fraction of sp³-hybridized carbons (Fsp3) is 0.684. The molecule has 3 nitrogen and oxygen atoms in total. The summed E-state index contributed by atoms with van der Waals surface area (Å²) in [6, 6.07) is 6.63. The van der Waals surface area contributed by atoms with Crippen LogP contribution in [0.25, 0.3) is 0 Å². The van der Waals surface area contributed by atoms with Crippen LogP contribution in [0.5, 0.6) is 5.75 Å². The summed E-state index contributed by atoms with van der Waals surface area (Å²) in [5.41, 5.74) is 9.15. The number of nitrogens with two attached hydrogens (primary N) is 1. The first-order valence-corrected chi connectivity index (χ1v) is 8.79. The minimum absolute atomic E-state index is 0.0989. The van der Waals surface area contributed by atoms with E-state index in [-0.39, 0.29) is 6.04 Å². The van der Waals surface area contributed by atoms with Crippen LogP contribution in [0, 0.1) is 11.8 Å². The lowest BCUT2D eigenvalue weighted by molar-refractivity contribution is 0.114. The van der Waals surface area contributed by atoms with Crippen molar-refractivity contribution in [2.75, 3.05) is 26.2 Å². The van der Waals surface area contributed by atoms with Gasteiger partial charge in [0.1, 0.15) is 5.75 Å². The van der Waals surface area contributed by atoms with E-state index in [1.54, 1.807) is 0 Å². The number of nitrogens with zero attached hydrogens (tertiary/aromatic N) is 1. The number of fused-ring (bicyclic) bond motifs is 1. The van der Waals surface area contributed by atoms with Crippen molar-refractivity contribution in [3.05, 3.63) is 29.3 Å². The molecule has 1 saturated heterocycles. The largest absolute Gasteiger partial charge is 0.493 e. The van der Waals surface area contributed by atoms with E-state index in [0.29, 0.717) is 11.8 Å². The molecule has 1 fully saturated rings. The van der Waals surface area contributed by atoms with E-state index in [1.165, 1.54) is 37.1 Å². The van der Waals surface area contributed by atoms with Gasteiger partial charge < -0.3 is 15.4 Å². The molecule has 3 rings (SSSR count). The Labute approximate surface area is 134 Å². The summed E-state index contributed by atoms with van der Waals surface area (Å²) in [4.78, 5) is 2.57. The molecule has 2 aliphatic rings. The highest BCUT2D eigenvalue weighted by molar-refractivity contribution is 5.42. The molecule has 0 amide bonds. The zero-order valence-corrected chi connectivity index (χ0v) is 14.2. The van der Waals surface area contributed by atoms with Crippen molar-refractivity contribution >= 4 is 0 Å². The van der Waals surface area contributed by atoms with Crippen molar-refractivity contribution in [2.45, 2.75) is 45.6 Å². The summed E-state index contributed by atoms with van der Waals surface area (Å²) in [5.74, 6) is 2.80. The molecule has 122 valence electrons. The van der Waals surface area contributed by atoms with E-state index in [9.17, 15) is 0 Å². The number of ether oxygens (including phenoxy) is 1. The summed E-state index contributed by atoms with van der Waals surface area (Å²) in [6.45, 7) is 11.1. The minimum Gasteiger partial charge on any atom is -0.493 e. The molecular formula is C19H30N2O. The highest BCUT2D eigenvalue weighted by atomic mass is 16.5. The van der Waals surface area contributed by atoms with Crippen LogP contribution in [-0.4, -0.2) is 31.1 Å². The third-order valence-corrected chi connectivity index (χ3v) is 5.39. The van der Waals surface area contributed by atoms with Gasteiger partial charge in [0.05, 0.1) is 6.61 Å². The average Bonchev–Trinajstić information content (AvgIpc) is 2.52. The molecular weight excluding hydrogens is 272 g/mol. The van der Waals surface area contributed by atoms with Crippen molar-refractivity contribution in [3.8, 4) is 5.75 Å². The van der Waals surface area contributed by atoms with Crippen LogP contribution in [0.3, 0.4) is 0 Å². The fourth-order valence-corrected chi connectivity index (χ4v) is 3.61. The number of hydrogen-bond acceptors (Lipinski definition) is 3.